The van der Waals surface area contributed by atoms with Gasteiger partial charge in [0, 0.05) is 11.3 Å². The van der Waals surface area contributed by atoms with E-state index in [0.29, 0.717) is 12.3 Å². The summed E-state index contributed by atoms with van der Waals surface area (Å²) in [6.07, 6.45) is 2.60. The van der Waals surface area contributed by atoms with E-state index in [1.54, 1.807) is 6.21 Å². The largest absolute Gasteiger partial charge is 0.484 e. The fraction of sp³-hybridized carbons (Fsp3) is 0.261. The highest BCUT2D eigenvalue weighted by Gasteiger charge is 2.10. The minimum absolute atomic E-state index is 0.0892. The SMILES string of the molecule is CCc1ccc(OCC(=O)N/N=C\c2c(C)nn(Cc3ccccc3)c2C)cc1. The molecule has 3 rings (SSSR count). The summed E-state index contributed by atoms with van der Waals surface area (Å²) >= 11 is 0. The molecule has 1 N–H and O–H groups in total. The zero-order valence-corrected chi connectivity index (χ0v) is 17.1. The zero-order chi connectivity index (χ0) is 20.6. The van der Waals surface area contributed by atoms with E-state index in [-0.39, 0.29) is 12.5 Å². The van der Waals surface area contributed by atoms with Gasteiger partial charge in [0.1, 0.15) is 5.75 Å². The van der Waals surface area contributed by atoms with Gasteiger partial charge >= 0.3 is 0 Å². The quantitative estimate of drug-likeness (QED) is 0.472. The van der Waals surface area contributed by atoms with Crippen LogP contribution in [0.25, 0.3) is 0 Å². The molecule has 0 aliphatic heterocycles. The van der Waals surface area contributed by atoms with Gasteiger partial charge in [-0.25, -0.2) is 5.43 Å². The van der Waals surface area contributed by atoms with Gasteiger partial charge in [-0.05, 0) is 43.5 Å². The van der Waals surface area contributed by atoms with Crippen LogP contribution < -0.4 is 10.2 Å². The van der Waals surface area contributed by atoms with Crippen LogP contribution >= 0.6 is 0 Å². The average Bonchev–Trinajstić information content (AvgIpc) is 3.00. The van der Waals surface area contributed by atoms with Gasteiger partial charge in [-0.3, -0.25) is 9.48 Å². The van der Waals surface area contributed by atoms with Crippen LogP contribution in [0.15, 0.2) is 59.7 Å². The molecule has 0 atom stereocenters. The highest BCUT2D eigenvalue weighted by molar-refractivity contribution is 5.84. The second-order valence-corrected chi connectivity index (χ2v) is 6.81. The van der Waals surface area contributed by atoms with Crippen LogP contribution in [0.2, 0.25) is 0 Å². The molecule has 6 heteroatoms. The molecule has 0 aliphatic rings. The first-order valence-electron chi connectivity index (χ1n) is 9.68. The minimum Gasteiger partial charge on any atom is -0.484 e. The summed E-state index contributed by atoms with van der Waals surface area (Å²) in [7, 11) is 0. The van der Waals surface area contributed by atoms with E-state index < -0.39 is 0 Å². The molecule has 6 nitrogen and oxygen atoms in total. The van der Waals surface area contributed by atoms with Crippen LogP contribution in [0, 0.1) is 13.8 Å². The summed E-state index contributed by atoms with van der Waals surface area (Å²) in [6, 6.07) is 17.9. The fourth-order valence-corrected chi connectivity index (χ4v) is 2.98. The molecule has 1 amide bonds. The van der Waals surface area contributed by atoms with E-state index in [2.05, 4.69) is 34.7 Å². The normalized spacial score (nSPS) is 11.0. The molecule has 0 aliphatic carbocycles. The lowest BCUT2D eigenvalue weighted by Crippen LogP contribution is -2.24. The topological polar surface area (TPSA) is 68.5 Å². The van der Waals surface area contributed by atoms with E-state index in [9.17, 15) is 4.79 Å². The Morgan fingerprint density at radius 3 is 2.52 bits per heavy atom. The summed E-state index contributed by atoms with van der Waals surface area (Å²) in [5.74, 6) is 0.350. The number of aryl methyl sites for hydroxylation is 2. The third kappa shape index (κ3) is 5.54. The highest BCUT2D eigenvalue weighted by atomic mass is 16.5. The lowest BCUT2D eigenvalue weighted by atomic mass is 10.2. The molecule has 3 aromatic rings. The van der Waals surface area contributed by atoms with E-state index in [1.165, 1.54) is 11.1 Å². The van der Waals surface area contributed by atoms with Crippen molar-refractivity contribution >= 4 is 12.1 Å². The number of hydrogen-bond donors (Lipinski definition) is 1. The molecule has 1 aromatic heterocycles. The number of nitrogens with zero attached hydrogens (tertiary/aromatic N) is 3. The number of aromatic nitrogens is 2. The Balaban J connectivity index is 1.54. The van der Waals surface area contributed by atoms with Gasteiger partial charge in [0.05, 0.1) is 18.5 Å². The van der Waals surface area contributed by atoms with E-state index in [0.717, 1.165) is 23.4 Å². The number of carbonyl (C=O) groups is 1. The van der Waals surface area contributed by atoms with Crippen molar-refractivity contribution in [2.75, 3.05) is 6.61 Å². The summed E-state index contributed by atoms with van der Waals surface area (Å²) < 4.78 is 7.43. The molecule has 0 fully saturated rings. The number of amides is 1. The number of carbonyl (C=O) groups excluding carboxylic acids is 1. The van der Waals surface area contributed by atoms with Crippen molar-refractivity contribution in [1.82, 2.24) is 15.2 Å². The van der Waals surface area contributed by atoms with Crippen molar-refractivity contribution in [3.8, 4) is 5.75 Å². The Morgan fingerprint density at radius 2 is 1.83 bits per heavy atom. The Labute approximate surface area is 171 Å². The van der Waals surface area contributed by atoms with Gasteiger partial charge < -0.3 is 4.74 Å². The molecule has 1 heterocycles. The summed E-state index contributed by atoms with van der Waals surface area (Å²) in [5, 5.41) is 8.65. The summed E-state index contributed by atoms with van der Waals surface area (Å²) in [5.41, 5.74) is 7.67. The molecule has 150 valence electrons. The molecule has 0 unspecified atom stereocenters. The first-order chi connectivity index (χ1) is 14.1. The van der Waals surface area contributed by atoms with Gasteiger partial charge in [-0.15, -0.1) is 0 Å². The van der Waals surface area contributed by atoms with Crippen LogP contribution in [0.5, 0.6) is 5.75 Å². The Morgan fingerprint density at radius 1 is 1.10 bits per heavy atom. The second kappa shape index (κ2) is 9.68. The van der Waals surface area contributed by atoms with Crippen LogP contribution in [0.4, 0.5) is 0 Å². The van der Waals surface area contributed by atoms with Gasteiger partial charge in [-0.2, -0.15) is 10.2 Å². The molecule has 0 saturated carbocycles. The first kappa shape index (κ1) is 20.3. The highest BCUT2D eigenvalue weighted by Crippen LogP contribution is 2.13. The zero-order valence-electron chi connectivity index (χ0n) is 17.1. The number of ether oxygens (including phenoxy) is 1. The first-order valence-corrected chi connectivity index (χ1v) is 9.68. The van der Waals surface area contributed by atoms with Crippen molar-refractivity contribution in [1.29, 1.82) is 0 Å². The van der Waals surface area contributed by atoms with Gasteiger partial charge in [0.25, 0.3) is 5.91 Å². The van der Waals surface area contributed by atoms with Crippen LogP contribution in [0.1, 0.15) is 35.0 Å². The Kier molecular flexibility index (Phi) is 6.79. The van der Waals surface area contributed by atoms with Crippen molar-refractivity contribution in [3.63, 3.8) is 0 Å². The van der Waals surface area contributed by atoms with E-state index in [4.69, 9.17) is 4.74 Å². The Hall–Kier alpha value is -3.41. The van der Waals surface area contributed by atoms with Gasteiger partial charge in [0.2, 0.25) is 0 Å². The number of rotatable bonds is 8. The third-order valence-electron chi connectivity index (χ3n) is 4.70. The number of benzene rings is 2. The maximum absolute atomic E-state index is 12.0. The lowest BCUT2D eigenvalue weighted by Gasteiger charge is -2.06. The van der Waals surface area contributed by atoms with Crippen LogP contribution in [0.3, 0.4) is 0 Å². The Bertz CT molecular complexity index is 976. The van der Waals surface area contributed by atoms with Gasteiger partial charge in [-0.1, -0.05) is 49.4 Å². The molecular formula is C23H26N4O2. The predicted molar refractivity (Wildman–Crippen MR) is 114 cm³/mol. The monoisotopic (exact) mass is 390 g/mol. The smallest absolute Gasteiger partial charge is 0.277 e. The molecule has 0 spiro atoms. The van der Waals surface area contributed by atoms with Crippen LogP contribution in [-0.4, -0.2) is 28.5 Å². The minimum atomic E-state index is -0.312. The lowest BCUT2D eigenvalue weighted by molar-refractivity contribution is -0.123. The fourth-order valence-electron chi connectivity index (χ4n) is 2.98. The average molecular weight is 390 g/mol. The molecule has 2 aromatic carbocycles. The van der Waals surface area contributed by atoms with Crippen molar-refractivity contribution < 1.29 is 9.53 Å². The van der Waals surface area contributed by atoms with Crippen molar-refractivity contribution in [3.05, 3.63) is 82.7 Å². The van der Waals surface area contributed by atoms with Crippen molar-refractivity contribution in [2.45, 2.75) is 33.7 Å². The maximum Gasteiger partial charge on any atom is 0.277 e. The van der Waals surface area contributed by atoms with Crippen molar-refractivity contribution in [2.24, 2.45) is 5.10 Å². The second-order valence-electron chi connectivity index (χ2n) is 6.81. The summed E-state index contributed by atoms with van der Waals surface area (Å²) in [6.45, 7) is 6.62. The standard InChI is InChI=1S/C23H26N4O2/c1-4-19-10-12-21(13-11-19)29-16-23(28)25-24-14-22-17(2)26-27(18(22)3)15-20-8-6-5-7-9-20/h5-14H,4,15-16H2,1-3H3,(H,25,28)/b24-14-. The molecular weight excluding hydrogens is 364 g/mol. The maximum atomic E-state index is 12.0. The van der Waals surface area contributed by atoms with Crippen LogP contribution in [-0.2, 0) is 17.8 Å². The van der Waals surface area contributed by atoms with Gasteiger partial charge in [0.15, 0.2) is 6.61 Å². The molecule has 0 radical (unpaired) electrons. The predicted octanol–water partition coefficient (Wildman–Crippen LogP) is 3.64. The number of nitrogens with one attached hydrogen (secondary N) is 1. The molecule has 0 bridgehead atoms. The van der Waals surface area contributed by atoms with E-state index in [1.807, 2.05) is 61.0 Å². The van der Waals surface area contributed by atoms with E-state index >= 15 is 0 Å². The summed E-state index contributed by atoms with van der Waals surface area (Å²) in [4.78, 5) is 12.0. The molecule has 29 heavy (non-hydrogen) atoms. The third-order valence-corrected chi connectivity index (χ3v) is 4.70. The number of hydrazone groups is 1. The molecule has 0 saturated heterocycles. The number of hydrogen-bond acceptors (Lipinski definition) is 4.